The van der Waals surface area contributed by atoms with E-state index in [2.05, 4.69) is 29.5 Å². The highest BCUT2D eigenvalue weighted by molar-refractivity contribution is 5.84. The molecular formula is C17H34N4O. The average Bonchev–Trinajstić information content (AvgIpc) is 2.52. The number of nitrogens with zero attached hydrogens (tertiary/aromatic N) is 2. The second kappa shape index (κ2) is 10.5. The Morgan fingerprint density at radius 1 is 1.18 bits per heavy atom. The van der Waals surface area contributed by atoms with Crippen LogP contribution in [0.3, 0.4) is 0 Å². The van der Waals surface area contributed by atoms with E-state index in [-0.39, 0.29) is 12.5 Å². The van der Waals surface area contributed by atoms with E-state index < -0.39 is 0 Å². The van der Waals surface area contributed by atoms with Crippen molar-refractivity contribution in [2.75, 3.05) is 27.2 Å². The molecule has 0 atom stereocenters. The molecule has 0 bridgehead atoms. The highest BCUT2D eigenvalue weighted by Crippen LogP contribution is 2.26. The van der Waals surface area contributed by atoms with Gasteiger partial charge in [-0.2, -0.15) is 0 Å². The van der Waals surface area contributed by atoms with Crippen molar-refractivity contribution in [3.8, 4) is 0 Å². The predicted molar refractivity (Wildman–Crippen MR) is 93.1 cm³/mol. The molecule has 0 aromatic carbocycles. The lowest BCUT2D eigenvalue weighted by Gasteiger charge is -2.29. The lowest BCUT2D eigenvalue weighted by molar-refractivity contribution is -0.127. The van der Waals surface area contributed by atoms with Crippen LogP contribution in [-0.2, 0) is 4.79 Å². The summed E-state index contributed by atoms with van der Waals surface area (Å²) in [6.07, 6.45) is 8.56. The highest BCUT2D eigenvalue weighted by Gasteiger charge is 2.20. The summed E-state index contributed by atoms with van der Waals surface area (Å²) in [5, 5.41) is 6.88. The minimum Gasteiger partial charge on any atom is -0.356 e. The average molecular weight is 310 g/mol. The number of hydrogen-bond acceptors (Lipinski definition) is 2. The van der Waals surface area contributed by atoms with E-state index in [0.717, 1.165) is 31.3 Å². The van der Waals surface area contributed by atoms with Crippen molar-refractivity contribution in [2.45, 2.75) is 64.8 Å². The van der Waals surface area contributed by atoms with Crippen LogP contribution in [-0.4, -0.2) is 50.0 Å². The number of carbonyl (C=O) groups is 1. The van der Waals surface area contributed by atoms with Crippen LogP contribution in [0, 0.1) is 5.92 Å². The van der Waals surface area contributed by atoms with E-state index in [9.17, 15) is 4.79 Å². The topological polar surface area (TPSA) is 56.7 Å². The maximum absolute atomic E-state index is 11.7. The zero-order chi connectivity index (χ0) is 16.4. The van der Waals surface area contributed by atoms with Gasteiger partial charge in [0.05, 0.1) is 0 Å². The molecule has 0 aliphatic heterocycles. The summed E-state index contributed by atoms with van der Waals surface area (Å²) in [6, 6.07) is 0.491. The summed E-state index contributed by atoms with van der Waals surface area (Å²) in [5.74, 6) is 1.72. The molecule has 0 heterocycles. The van der Waals surface area contributed by atoms with Gasteiger partial charge in [0, 0.05) is 26.7 Å². The van der Waals surface area contributed by atoms with Crippen molar-refractivity contribution in [3.05, 3.63) is 0 Å². The number of rotatable bonds is 7. The summed E-state index contributed by atoms with van der Waals surface area (Å²) < 4.78 is 0. The monoisotopic (exact) mass is 310 g/mol. The largest absolute Gasteiger partial charge is 0.356 e. The van der Waals surface area contributed by atoms with Crippen LogP contribution >= 0.6 is 0 Å². The van der Waals surface area contributed by atoms with Gasteiger partial charge in [-0.3, -0.25) is 4.79 Å². The Labute approximate surface area is 135 Å². The first kappa shape index (κ1) is 18.8. The maximum atomic E-state index is 11.7. The van der Waals surface area contributed by atoms with Gasteiger partial charge in [-0.1, -0.05) is 26.7 Å². The fourth-order valence-electron chi connectivity index (χ4n) is 2.73. The van der Waals surface area contributed by atoms with Crippen molar-refractivity contribution >= 4 is 11.9 Å². The molecular weight excluding hydrogens is 276 g/mol. The van der Waals surface area contributed by atoms with Crippen LogP contribution in [0.5, 0.6) is 0 Å². The quantitative estimate of drug-likeness (QED) is 0.431. The van der Waals surface area contributed by atoms with Crippen LogP contribution in [0.2, 0.25) is 0 Å². The highest BCUT2D eigenvalue weighted by atomic mass is 16.2. The van der Waals surface area contributed by atoms with Gasteiger partial charge >= 0.3 is 0 Å². The van der Waals surface area contributed by atoms with Crippen molar-refractivity contribution in [3.63, 3.8) is 0 Å². The predicted octanol–water partition coefficient (Wildman–Crippen LogP) is 2.38. The van der Waals surface area contributed by atoms with E-state index in [4.69, 9.17) is 0 Å². The molecule has 0 radical (unpaired) electrons. The molecule has 1 aliphatic carbocycles. The molecule has 0 spiro atoms. The van der Waals surface area contributed by atoms with Crippen LogP contribution in [0.4, 0.5) is 0 Å². The molecule has 0 unspecified atom stereocenters. The third kappa shape index (κ3) is 7.14. The third-order valence-electron chi connectivity index (χ3n) is 4.46. The molecule has 0 saturated heterocycles. The summed E-state index contributed by atoms with van der Waals surface area (Å²) >= 11 is 0. The molecule has 128 valence electrons. The lowest BCUT2D eigenvalue weighted by atomic mass is 9.84. The normalized spacial score (nSPS) is 22.3. The molecule has 0 aromatic heterocycles. The number of hydrogen-bond donors (Lipinski definition) is 2. The first-order valence-corrected chi connectivity index (χ1v) is 8.81. The number of guanidine groups is 1. The van der Waals surface area contributed by atoms with Crippen LogP contribution in [0.15, 0.2) is 4.99 Å². The smallest absolute Gasteiger partial charge is 0.243 e. The Hall–Kier alpha value is -1.26. The zero-order valence-corrected chi connectivity index (χ0v) is 14.8. The zero-order valence-electron chi connectivity index (χ0n) is 14.8. The molecule has 22 heavy (non-hydrogen) atoms. The van der Waals surface area contributed by atoms with Gasteiger partial charge in [-0.15, -0.1) is 0 Å². The van der Waals surface area contributed by atoms with E-state index >= 15 is 0 Å². The van der Waals surface area contributed by atoms with Crippen molar-refractivity contribution < 1.29 is 4.79 Å². The number of aliphatic imine (C=N–C) groups is 1. The first-order chi connectivity index (χ1) is 10.6. The second-order valence-corrected chi connectivity index (χ2v) is 6.50. The van der Waals surface area contributed by atoms with Gasteiger partial charge in [0.2, 0.25) is 5.91 Å². The van der Waals surface area contributed by atoms with Gasteiger partial charge in [0.15, 0.2) is 5.96 Å². The maximum Gasteiger partial charge on any atom is 0.243 e. The number of carbonyl (C=O) groups excluding carboxylic acids is 1. The van der Waals surface area contributed by atoms with E-state index in [1.165, 1.54) is 32.1 Å². The van der Waals surface area contributed by atoms with Gasteiger partial charge in [0.25, 0.3) is 0 Å². The minimum atomic E-state index is 0.0336. The molecule has 1 amide bonds. The summed E-state index contributed by atoms with van der Waals surface area (Å²) in [6.45, 7) is 5.57. The van der Waals surface area contributed by atoms with Gasteiger partial charge < -0.3 is 15.5 Å². The van der Waals surface area contributed by atoms with E-state index in [1.807, 2.05) is 0 Å². The SMILES string of the molecule is CCCCNC(=NCC(=O)N(C)C)NC1CCC(CC)CC1. The first-order valence-electron chi connectivity index (χ1n) is 8.81. The number of likely N-dealkylation sites (N-methyl/N-ethyl adjacent to an activating group) is 1. The number of nitrogens with one attached hydrogen (secondary N) is 2. The molecule has 1 aliphatic rings. The number of amides is 1. The van der Waals surface area contributed by atoms with Crippen LogP contribution in [0.25, 0.3) is 0 Å². The van der Waals surface area contributed by atoms with Gasteiger partial charge in [-0.25, -0.2) is 4.99 Å². The molecule has 5 heteroatoms. The summed E-state index contributed by atoms with van der Waals surface area (Å²) in [5.41, 5.74) is 0. The number of unbranched alkanes of at least 4 members (excludes halogenated alkanes) is 1. The summed E-state index contributed by atoms with van der Waals surface area (Å²) in [4.78, 5) is 17.8. The van der Waals surface area contributed by atoms with Gasteiger partial charge in [0.1, 0.15) is 6.54 Å². The Morgan fingerprint density at radius 2 is 1.86 bits per heavy atom. The van der Waals surface area contributed by atoms with Crippen LogP contribution in [0.1, 0.15) is 58.8 Å². The molecule has 1 saturated carbocycles. The van der Waals surface area contributed by atoms with E-state index in [0.29, 0.717) is 6.04 Å². The molecule has 2 N–H and O–H groups in total. The second-order valence-electron chi connectivity index (χ2n) is 6.50. The fraction of sp³-hybridized carbons (Fsp3) is 0.882. The Bertz CT molecular complexity index is 347. The van der Waals surface area contributed by atoms with Crippen molar-refractivity contribution in [1.29, 1.82) is 0 Å². The van der Waals surface area contributed by atoms with Crippen molar-refractivity contribution in [2.24, 2.45) is 10.9 Å². The molecule has 1 fully saturated rings. The van der Waals surface area contributed by atoms with Crippen LogP contribution < -0.4 is 10.6 Å². The Kier molecular flexibility index (Phi) is 8.94. The lowest BCUT2D eigenvalue weighted by Crippen LogP contribution is -2.45. The Morgan fingerprint density at radius 3 is 2.41 bits per heavy atom. The van der Waals surface area contributed by atoms with Crippen molar-refractivity contribution in [1.82, 2.24) is 15.5 Å². The minimum absolute atomic E-state index is 0.0336. The molecule has 1 rings (SSSR count). The van der Waals surface area contributed by atoms with Gasteiger partial charge in [-0.05, 0) is 38.0 Å². The summed E-state index contributed by atoms with van der Waals surface area (Å²) in [7, 11) is 3.53. The van der Waals surface area contributed by atoms with E-state index in [1.54, 1.807) is 19.0 Å². The Balaban J connectivity index is 2.50. The fourth-order valence-corrected chi connectivity index (χ4v) is 2.73. The molecule has 0 aromatic rings. The molecule has 5 nitrogen and oxygen atoms in total. The standard InChI is InChI=1S/C17H34N4O/c1-5-7-12-18-17(19-13-16(22)21(3)4)20-15-10-8-14(6-2)9-11-15/h14-15H,5-13H2,1-4H3,(H2,18,19,20). The third-order valence-corrected chi connectivity index (χ3v) is 4.46.